The molecule has 1 amide bonds. The highest BCUT2D eigenvalue weighted by molar-refractivity contribution is 5.91. The summed E-state index contributed by atoms with van der Waals surface area (Å²) in [6.07, 6.45) is 7.06. The average Bonchev–Trinajstić information content (AvgIpc) is 3.10. The lowest BCUT2D eigenvalue weighted by Crippen LogP contribution is -2.20. The molecule has 21 heavy (non-hydrogen) atoms. The molecule has 0 bridgehead atoms. The predicted molar refractivity (Wildman–Crippen MR) is 78.9 cm³/mol. The van der Waals surface area contributed by atoms with E-state index in [1.165, 1.54) is 28.8 Å². The largest absolute Gasteiger partial charge is 0.350 e. The molecule has 4 rings (SSSR count). The highest BCUT2D eigenvalue weighted by Gasteiger charge is 2.16. The van der Waals surface area contributed by atoms with Crippen molar-refractivity contribution in [1.82, 2.24) is 19.6 Å². The second kappa shape index (κ2) is 4.44. The van der Waals surface area contributed by atoms with E-state index in [1.807, 2.05) is 24.4 Å². The molecular weight excluding hydrogens is 266 g/mol. The van der Waals surface area contributed by atoms with E-state index in [-0.39, 0.29) is 0 Å². The van der Waals surface area contributed by atoms with Gasteiger partial charge in [0.15, 0.2) is 0 Å². The van der Waals surface area contributed by atoms with Crippen LogP contribution < -0.4 is 5.73 Å². The van der Waals surface area contributed by atoms with E-state index in [4.69, 9.17) is 5.73 Å². The van der Waals surface area contributed by atoms with Crippen molar-refractivity contribution in [1.29, 1.82) is 0 Å². The molecule has 106 valence electrons. The molecule has 2 N–H and O–H groups in total. The van der Waals surface area contributed by atoms with Gasteiger partial charge in [0.2, 0.25) is 0 Å². The monoisotopic (exact) mass is 281 g/mol. The van der Waals surface area contributed by atoms with Crippen LogP contribution in [0.1, 0.15) is 18.5 Å². The second-order valence-electron chi connectivity index (χ2n) is 5.35. The first kappa shape index (κ1) is 12.1. The number of nitrogens with two attached hydrogens (primary N) is 1. The highest BCUT2D eigenvalue weighted by atomic mass is 16.2. The van der Waals surface area contributed by atoms with Gasteiger partial charge in [-0.25, -0.2) is 4.79 Å². The molecule has 3 heterocycles. The fraction of sp³-hybridized carbons (Fsp3) is 0.267. The summed E-state index contributed by atoms with van der Waals surface area (Å²) in [5.41, 5.74) is 9.60. The molecule has 6 nitrogen and oxygen atoms in total. The molecule has 0 spiro atoms. The molecule has 1 aliphatic rings. The van der Waals surface area contributed by atoms with E-state index in [0.29, 0.717) is 0 Å². The summed E-state index contributed by atoms with van der Waals surface area (Å²) in [6, 6.07) is 5.35. The molecule has 6 heteroatoms. The molecule has 0 fully saturated rings. The topological polar surface area (TPSA) is 78.7 Å². The van der Waals surface area contributed by atoms with E-state index in [0.717, 1.165) is 29.4 Å². The Labute approximate surface area is 121 Å². The van der Waals surface area contributed by atoms with Crippen LogP contribution in [0.3, 0.4) is 0 Å². The molecule has 3 aromatic rings. The number of fused-ring (bicyclic) bond motifs is 2. The number of benzene rings is 1. The Balaban J connectivity index is 1.84. The van der Waals surface area contributed by atoms with Crippen LogP contribution in [0, 0.1) is 0 Å². The summed E-state index contributed by atoms with van der Waals surface area (Å²) >= 11 is 0. The fourth-order valence-corrected chi connectivity index (χ4v) is 3.04. The highest BCUT2D eigenvalue weighted by Crippen LogP contribution is 2.29. The number of primary amides is 1. The first-order chi connectivity index (χ1) is 10.2. The molecule has 0 aliphatic carbocycles. The standard InChI is InChI=1S/C15H15N5O/c16-15(21)20-13-5-4-10(7-11(13)8-18-20)12-9-17-19-6-2-1-3-14(12)19/h4-5,7-9H,1-3,6H2,(H2,16,21). The van der Waals surface area contributed by atoms with Crippen molar-refractivity contribution in [2.75, 3.05) is 0 Å². The van der Waals surface area contributed by atoms with Gasteiger partial charge in [0.25, 0.3) is 0 Å². The van der Waals surface area contributed by atoms with Crippen LogP contribution in [0.15, 0.2) is 30.6 Å². The molecule has 0 atom stereocenters. The number of amides is 1. The Bertz CT molecular complexity index is 845. The first-order valence-electron chi connectivity index (χ1n) is 7.07. The number of aromatic nitrogens is 4. The van der Waals surface area contributed by atoms with Crippen LogP contribution in [0.25, 0.3) is 22.0 Å². The molecule has 0 saturated heterocycles. The fourth-order valence-electron chi connectivity index (χ4n) is 3.04. The third kappa shape index (κ3) is 1.83. The average molecular weight is 281 g/mol. The molecule has 1 aliphatic heterocycles. The lowest BCUT2D eigenvalue weighted by atomic mass is 10.0. The van der Waals surface area contributed by atoms with Crippen molar-refractivity contribution in [3.63, 3.8) is 0 Å². The molecule has 0 saturated carbocycles. The number of carbonyl (C=O) groups excluding carboxylic acids is 1. The Morgan fingerprint density at radius 1 is 1.19 bits per heavy atom. The van der Waals surface area contributed by atoms with Gasteiger partial charge in [-0.1, -0.05) is 6.07 Å². The van der Waals surface area contributed by atoms with E-state index < -0.39 is 6.03 Å². The lowest BCUT2D eigenvalue weighted by Gasteiger charge is -2.14. The van der Waals surface area contributed by atoms with Gasteiger partial charge >= 0.3 is 6.03 Å². The van der Waals surface area contributed by atoms with Gasteiger partial charge in [0.05, 0.1) is 17.9 Å². The van der Waals surface area contributed by atoms with Crippen molar-refractivity contribution in [2.24, 2.45) is 5.73 Å². The molecule has 0 unspecified atom stereocenters. The lowest BCUT2D eigenvalue weighted by molar-refractivity contribution is 0.248. The van der Waals surface area contributed by atoms with Gasteiger partial charge in [0.1, 0.15) is 0 Å². The predicted octanol–water partition coefficient (Wildman–Crippen LogP) is 2.16. The maximum absolute atomic E-state index is 11.3. The molecule has 0 radical (unpaired) electrons. The third-order valence-electron chi connectivity index (χ3n) is 4.07. The Morgan fingerprint density at radius 2 is 2.10 bits per heavy atom. The normalized spacial score (nSPS) is 14.3. The van der Waals surface area contributed by atoms with Crippen LogP contribution >= 0.6 is 0 Å². The van der Waals surface area contributed by atoms with E-state index in [1.54, 1.807) is 6.20 Å². The van der Waals surface area contributed by atoms with Crippen molar-refractivity contribution in [2.45, 2.75) is 25.8 Å². The maximum atomic E-state index is 11.3. The van der Waals surface area contributed by atoms with E-state index >= 15 is 0 Å². The van der Waals surface area contributed by atoms with Crippen LogP contribution in [0.5, 0.6) is 0 Å². The zero-order valence-corrected chi connectivity index (χ0v) is 11.5. The summed E-state index contributed by atoms with van der Waals surface area (Å²) in [6.45, 7) is 0.997. The van der Waals surface area contributed by atoms with E-state index in [2.05, 4.69) is 14.9 Å². The van der Waals surface area contributed by atoms with Crippen molar-refractivity contribution in [3.05, 3.63) is 36.3 Å². The zero-order chi connectivity index (χ0) is 14.4. The molecule has 2 aromatic heterocycles. The van der Waals surface area contributed by atoms with Crippen LogP contribution in [0.2, 0.25) is 0 Å². The summed E-state index contributed by atoms with van der Waals surface area (Å²) in [5.74, 6) is 0. The minimum absolute atomic E-state index is 0.569. The van der Waals surface area contributed by atoms with Crippen molar-refractivity contribution in [3.8, 4) is 11.1 Å². The van der Waals surface area contributed by atoms with Crippen LogP contribution in [-0.4, -0.2) is 25.6 Å². The summed E-state index contributed by atoms with van der Waals surface area (Å²) in [7, 11) is 0. The Morgan fingerprint density at radius 3 is 2.95 bits per heavy atom. The minimum atomic E-state index is -0.569. The number of hydrogen-bond donors (Lipinski definition) is 1. The number of carbonyl (C=O) groups is 1. The number of nitrogens with zero attached hydrogens (tertiary/aromatic N) is 4. The summed E-state index contributed by atoms with van der Waals surface area (Å²) < 4.78 is 3.31. The minimum Gasteiger partial charge on any atom is -0.350 e. The second-order valence-corrected chi connectivity index (χ2v) is 5.35. The zero-order valence-electron chi connectivity index (χ0n) is 11.5. The third-order valence-corrected chi connectivity index (χ3v) is 4.07. The van der Waals surface area contributed by atoms with Crippen LogP contribution in [-0.2, 0) is 13.0 Å². The van der Waals surface area contributed by atoms with Gasteiger partial charge in [-0.15, -0.1) is 0 Å². The maximum Gasteiger partial charge on any atom is 0.340 e. The summed E-state index contributed by atoms with van der Waals surface area (Å²) in [5, 5.41) is 9.40. The van der Waals surface area contributed by atoms with Gasteiger partial charge in [-0.2, -0.15) is 14.9 Å². The SMILES string of the molecule is NC(=O)n1ncc2cc(-c3cnn4c3CCCC4)ccc21. The first-order valence-corrected chi connectivity index (χ1v) is 7.07. The van der Waals surface area contributed by atoms with Gasteiger partial charge in [0, 0.05) is 23.2 Å². The Hall–Kier alpha value is -2.63. The van der Waals surface area contributed by atoms with Crippen LogP contribution in [0.4, 0.5) is 4.79 Å². The van der Waals surface area contributed by atoms with Gasteiger partial charge < -0.3 is 5.73 Å². The Kier molecular flexibility index (Phi) is 2.57. The number of rotatable bonds is 1. The number of hydrogen-bond acceptors (Lipinski definition) is 3. The van der Waals surface area contributed by atoms with E-state index in [9.17, 15) is 4.79 Å². The quantitative estimate of drug-likeness (QED) is 0.742. The van der Waals surface area contributed by atoms with Gasteiger partial charge in [-0.3, -0.25) is 4.68 Å². The number of aryl methyl sites for hydroxylation is 1. The molecule has 1 aromatic carbocycles. The molecular formula is C15H15N5O. The van der Waals surface area contributed by atoms with Gasteiger partial charge in [-0.05, 0) is 37.0 Å². The smallest absolute Gasteiger partial charge is 0.340 e. The summed E-state index contributed by atoms with van der Waals surface area (Å²) in [4.78, 5) is 11.3. The van der Waals surface area contributed by atoms with Crippen molar-refractivity contribution < 1.29 is 4.79 Å². The van der Waals surface area contributed by atoms with Crippen molar-refractivity contribution >= 4 is 16.9 Å².